The van der Waals surface area contributed by atoms with Crippen LogP contribution in [0.5, 0.6) is 5.75 Å². The Morgan fingerprint density at radius 3 is 2.48 bits per heavy atom. The van der Waals surface area contributed by atoms with E-state index < -0.39 is 5.91 Å². The fraction of sp³-hybridized carbons (Fsp3) is 0.167. The number of nitrogens with two attached hydrogens (primary N) is 3. The minimum absolute atomic E-state index is 0.0782. The molecule has 0 aliphatic rings. The molecule has 0 bridgehead atoms. The zero-order valence-electron chi connectivity index (χ0n) is 13.8. The van der Waals surface area contributed by atoms with Gasteiger partial charge in [-0.05, 0) is 12.5 Å². The lowest BCUT2D eigenvalue weighted by molar-refractivity contribution is -0.117. The number of hydrogen-bond acceptors (Lipinski definition) is 5. The number of amides is 1. The minimum atomic E-state index is -0.449. The third-order valence-electron chi connectivity index (χ3n) is 3.74. The highest BCUT2D eigenvalue weighted by molar-refractivity contribution is 6.32. The molecule has 2 aromatic carbocycles. The van der Waals surface area contributed by atoms with E-state index in [9.17, 15) is 9.90 Å². The molecule has 8 N–H and O–H groups in total. The van der Waals surface area contributed by atoms with Gasteiger partial charge in [-0.2, -0.15) is 0 Å². The maximum Gasteiger partial charge on any atom is 0.269 e. The first kappa shape index (κ1) is 18.5. The summed E-state index contributed by atoms with van der Waals surface area (Å²) in [5, 5.41) is 13.1. The highest BCUT2D eigenvalue weighted by Crippen LogP contribution is 2.39. The zero-order chi connectivity index (χ0) is 18.6. The third-order valence-corrected chi connectivity index (χ3v) is 4.05. The smallest absolute Gasteiger partial charge is 0.269 e. The summed E-state index contributed by atoms with van der Waals surface area (Å²) in [4.78, 5) is 12.0. The molecule has 0 heterocycles. The van der Waals surface area contributed by atoms with Gasteiger partial charge in [0.25, 0.3) is 5.91 Å². The van der Waals surface area contributed by atoms with Crippen LogP contribution in [-0.2, 0) is 4.79 Å². The van der Waals surface area contributed by atoms with E-state index in [4.69, 9.17) is 28.8 Å². The number of hydrogen-bond donors (Lipinski definition) is 5. The van der Waals surface area contributed by atoms with Crippen molar-refractivity contribution in [2.24, 2.45) is 11.5 Å². The van der Waals surface area contributed by atoms with Crippen LogP contribution in [0.1, 0.15) is 18.9 Å². The van der Waals surface area contributed by atoms with E-state index in [1.54, 1.807) is 36.4 Å². The van der Waals surface area contributed by atoms with E-state index in [0.29, 0.717) is 28.9 Å². The third kappa shape index (κ3) is 3.80. The fourth-order valence-corrected chi connectivity index (χ4v) is 2.54. The van der Waals surface area contributed by atoms with Crippen molar-refractivity contribution >= 4 is 28.9 Å². The summed E-state index contributed by atoms with van der Waals surface area (Å²) < 4.78 is 0. The Labute approximate surface area is 151 Å². The lowest BCUT2D eigenvalue weighted by atomic mass is 9.97. The number of halogens is 1. The molecule has 0 spiro atoms. The van der Waals surface area contributed by atoms with Gasteiger partial charge >= 0.3 is 0 Å². The standard InChI is InChI=1S/C18H21ClN4O2/c1-2-9-23-18(25)16(22)15(21)12-7-3-5-10(14(12)20)11-6-4-8-13(19)17(11)24/h3-8,24H,2,9,20-22H2,1H3,(H,23,25)/b16-15+. The molecular weight excluding hydrogens is 340 g/mol. The summed E-state index contributed by atoms with van der Waals surface area (Å²) in [7, 11) is 0. The monoisotopic (exact) mass is 360 g/mol. The van der Waals surface area contributed by atoms with E-state index in [1.165, 1.54) is 0 Å². The van der Waals surface area contributed by atoms with Crippen molar-refractivity contribution in [1.82, 2.24) is 5.32 Å². The molecule has 0 saturated carbocycles. The number of anilines is 1. The highest BCUT2D eigenvalue weighted by atomic mass is 35.5. The largest absolute Gasteiger partial charge is 0.506 e. The number of aromatic hydroxyl groups is 1. The molecule has 6 nitrogen and oxygen atoms in total. The lowest BCUT2D eigenvalue weighted by Gasteiger charge is -2.15. The van der Waals surface area contributed by atoms with Gasteiger partial charge in [0, 0.05) is 28.9 Å². The number of benzene rings is 2. The Balaban J connectivity index is 2.51. The lowest BCUT2D eigenvalue weighted by Crippen LogP contribution is -2.31. The zero-order valence-corrected chi connectivity index (χ0v) is 14.6. The van der Waals surface area contributed by atoms with Gasteiger partial charge in [0.15, 0.2) is 0 Å². The van der Waals surface area contributed by atoms with Crippen LogP contribution >= 0.6 is 11.6 Å². The van der Waals surface area contributed by atoms with Gasteiger partial charge in [-0.25, -0.2) is 0 Å². The second-order valence-corrected chi connectivity index (χ2v) is 5.89. The first-order chi connectivity index (χ1) is 11.9. The van der Waals surface area contributed by atoms with Crippen LogP contribution < -0.4 is 22.5 Å². The van der Waals surface area contributed by atoms with Gasteiger partial charge in [0.05, 0.1) is 10.7 Å². The maximum atomic E-state index is 12.0. The summed E-state index contributed by atoms with van der Waals surface area (Å²) in [5.74, 6) is -0.529. The molecule has 1 amide bonds. The van der Waals surface area contributed by atoms with Crippen molar-refractivity contribution in [3.8, 4) is 16.9 Å². The number of rotatable bonds is 5. The Morgan fingerprint density at radius 1 is 1.16 bits per heavy atom. The Morgan fingerprint density at radius 2 is 1.80 bits per heavy atom. The minimum Gasteiger partial charge on any atom is -0.506 e. The Bertz CT molecular complexity index is 834. The predicted molar refractivity (Wildman–Crippen MR) is 102 cm³/mol. The first-order valence-electron chi connectivity index (χ1n) is 7.78. The van der Waals surface area contributed by atoms with Gasteiger partial charge in [-0.3, -0.25) is 4.79 Å². The molecule has 0 radical (unpaired) electrons. The molecule has 0 aliphatic heterocycles. The first-order valence-corrected chi connectivity index (χ1v) is 8.16. The fourth-order valence-electron chi connectivity index (χ4n) is 2.37. The van der Waals surface area contributed by atoms with Crippen LogP contribution in [0, 0.1) is 0 Å². The SMILES string of the molecule is CCCNC(=O)/C(N)=C(\N)c1cccc(-c2cccc(Cl)c2O)c1N. The molecule has 7 heteroatoms. The number of nitrogens with one attached hydrogen (secondary N) is 1. The maximum absolute atomic E-state index is 12.0. The highest BCUT2D eigenvalue weighted by Gasteiger charge is 2.17. The van der Waals surface area contributed by atoms with Crippen LogP contribution in [-0.4, -0.2) is 17.6 Å². The second-order valence-electron chi connectivity index (χ2n) is 5.49. The summed E-state index contributed by atoms with van der Waals surface area (Å²) in [5.41, 5.74) is 19.8. The second kappa shape index (κ2) is 7.81. The number of phenols is 1. The van der Waals surface area contributed by atoms with Crippen molar-refractivity contribution in [2.75, 3.05) is 12.3 Å². The molecule has 0 unspecified atom stereocenters. The number of nitrogen functional groups attached to an aromatic ring is 1. The number of carbonyl (C=O) groups is 1. The Hall–Kier alpha value is -2.86. The van der Waals surface area contributed by atoms with Crippen LogP contribution in [0.25, 0.3) is 16.8 Å². The molecule has 2 rings (SSSR count). The summed E-state index contributed by atoms with van der Waals surface area (Å²) >= 11 is 5.96. The van der Waals surface area contributed by atoms with Gasteiger partial charge in [0.1, 0.15) is 11.4 Å². The van der Waals surface area contributed by atoms with E-state index >= 15 is 0 Å². The molecule has 25 heavy (non-hydrogen) atoms. The molecule has 0 fully saturated rings. The molecule has 0 aliphatic carbocycles. The van der Waals surface area contributed by atoms with Gasteiger partial charge in [0.2, 0.25) is 0 Å². The average Bonchev–Trinajstić information content (AvgIpc) is 2.61. The van der Waals surface area contributed by atoms with Gasteiger partial charge in [-0.15, -0.1) is 0 Å². The number of carbonyl (C=O) groups excluding carboxylic acids is 1. The number of phenolic OH excluding ortho intramolecular Hbond substituents is 1. The van der Waals surface area contributed by atoms with Gasteiger partial charge in [-0.1, -0.05) is 48.9 Å². The number of para-hydroxylation sites is 2. The molecule has 132 valence electrons. The van der Waals surface area contributed by atoms with Crippen molar-refractivity contribution in [2.45, 2.75) is 13.3 Å². The summed E-state index contributed by atoms with van der Waals surface area (Å²) in [6, 6.07) is 10.1. The van der Waals surface area contributed by atoms with E-state index in [2.05, 4.69) is 5.32 Å². The molecule has 0 atom stereocenters. The van der Waals surface area contributed by atoms with Crippen molar-refractivity contribution in [1.29, 1.82) is 0 Å². The van der Waals surface area contributed by atoms with Gasteiger partial charge < -0.3 is 27.6 Å². The van der Waals surface area contributed by atoms with E-state index in [0.717, 1.165) is 6.42 Å². The molecule has 0 aromatic heterocycles. The van der Waals surface area contributed by atoms with Crippen LogP contribution in [0.3, 0.4) is 0 Å². The van der Waals surface area contributed by atoms with Crippen molar-refractivity contribution < 1.29 is 9.90 Å². The van der Waals surface area contributed by atoms with Crippen molar-refractivity contribution in [3.05, 3.63) is 52.7 Å². The van der Waals surface area contributed by atoms with E-state index in [1.807, 2.05) is 6.92 Å². The van der Waals surface area contributed by atoms with Crippen molar-refractivity contribution in [3.63, 3.8) is 0 Å². The predicted octanol–water partition coefficient (Wildman–Crippen LogP) is 2.41. The normalized spacial score (nSPS) is 11.8. The topological polar surface area (TPSA) is 127 Å². The van der Waals surface area contributed by atoms with Crippen LogP contribution in [0.2, 0.25) is 5.02 Å². The summed E-state index contributed by atoms with van der Waals surface area (Å²) in [6.45, 7) is 2.43. The quantitative estimate of drug-likeness (QED) is 0.413. The van der Waals surface area contributed by atoms with E-state index in [-0.39, 0.29) is 22.2 Å². The Kier molecular flexibility index (Phi) is 5.77. The van der Waals surface area contributed by atoms with Crippen LogP contribution in [0.4, 0.5) is 5.69 Å². The molecule has 0 saturated heterocycles. The summed E-state index contributed by atoms with van der Waals surface area (Å²) in [6.07, 6.45) is 0.782. The molecule has 2 aromatic rings. The van der Waals surface area contributed by atoms with Crippen LogP contribution in [0.15, 0.2) is 42.1 Å². The average molecular weight is 361 g/mol. The molecular formula is C18H21ClN4O2.